The van der Waals surface area contributed by atoms with Crippen LogP contribution in [0.2, 0.25) is 0 Å². The van der Waals surface area contributed by atoms with Crippen LogP contribution in [0, 0.1) is 6.92 Å². The van der Waals surface area contributed by atoms with Crippen LogP contribution in [-0.4, -0.2) is 21.3 Å². The largest absolute Gasteiger partial charge is 0.455 e. The molecule has 1 N–H and O–H groups in total. The molecule has 1 amide bonds. The second-order valence-electron chi connectivity index (χ2n) is 7.95. The Balaban J connectivity index is 1.64. The van der Waals surface area contributed by atoms with E-state index < -0.39 is 5.97 Å². The molecule has 34 heavy (non-hydrogen) atoms. The molecule has 0 aliphatic carbocycles. The fourth-order valence-electron chi connectivity index (χ4n) is 3.54. The van der Waals surface area contributed by atoms with Crippen molar-refractivity contribution in [3.05, 3.63) is 98.9 Å². The van der Waals surface area contributed by atoms with Crippen molar-refractivity contribution in [2.24, 2.45) is 0 Å². The number of nitrogens with one attached hydrogen (secondary N) is 1. The van der Waals surface area contributed by atoms with Crippen molar-refractivity contribution in [2.75, 3.05) is 5.32 Å². The standard InChI is InChI=1S/C26H23N3O4S/c1-16(2)12-22(30)28-25-24(20(15-34-25)18-9-5-4-6-10-18)26(32)33-14-19-13-23(31)29-17(3)8-7-11-21(29)27-19/h4-13,15H,14H2,1-3H3,(H,28,30). The first kappa shape index (κ1) is 23.1. The summed E-state index contributed by atoms with van der Waals surface area (Å²) >= 11 is 1.25. The third-order valence-corrected chi connectivity index (χ3v) is 5.92. The minimum atomic E-state index is -0.612. The van der Waals surface area contributed by atoms with Crippen LogP contribution in [0.3, 0.4) is 0 Å². The highest BCUT2D eigenvalue weighted by Gasteiger charge is 2.23. The van der Waals surface area contributed by atoms with Gasteiger partial charge in [0, 0.05) is 28.8 Å². The topological polar surface area (TPSA) is 89.8 Å². The summed E-state index contributed by atoms with van der Waals surface area (Å²) in [5.74, 6) is -0.936. The summed E-state index contributed by atoms with van der Waals surface area (Å²) in [4.78, 5) is 42.5. The Bertz CT molecular complexity index is 1460. The number of aromatic nitrogens is 2. The molecular weight excluding hydrogens is 450 g/mol. The summed E-state index contributed by atoms with van der Waals surface area (Å²) in [7, 11) is 0. The number of hydrogen-bond acceptors (Lipinski definition) is 6. The monoisotopic (exact) mass is 473 g/mol. The van der Waals surface area contributed by atoms with Gasteiger partial charge >= 0.3 is 5.97 Å². The number of nitrogens with zero attached hydrogens (tertiary/aromatic N) is 2. The van der Waals surface area contributed by atoms with Crippen LogP contribution >= 0.6 is 11.3 Å². The van der Waals surface area contributed by atoms with Crippen LogP contribution < -0.4 is 10.9 Å². The summed E-state index contributed by atoms with van der Waals surface area (Å²) in [5, 5.41) is 4.99. The van der Waals surface area contributed by atoms with Crippen molar-refractivity contribution in [1.29, 1.82) is 0 Å². The molecule has 1 aromatic carbocycles. The molecule has 0 saturated heterocycles. The fourth-order valence-corrected chi connectivity index (χ4v) is 4.50. The number of fused-ring (bicyclic) bond motifs is 1. The van der Waals surface area contributed by atoms with Gasteiger partial charge in [0.1, 0.15) is 22.8 Å². The molecule has 4 rings (SSSR count). The minimum Gasteiger partial charge on any atom is -0.455 e. The number of aryl methyl sites for hydroxylation is 1. The van der Waals surface area contributed by atoms with Crippen molar-refractivity contribution in [3.8, 4) is 11.1 Å². The molecule has 8 heteroatoms. The average Bonchev–Trinajstić information content (AvgIpc) is 3.20. The number of esters is 1. The third-order valence-electron chi connectivity index (χ3n) is 5.02. The molecular formula is C26H23N3O4S. The van der Waals surface area contributed by atoms with Crippen LogP contribution in [0.5, 0.6) is 0 Å². The first-order valence-electron chi connectivity index (χ1n) is 10.6. The maximum atomic E-state index is 13.2. The van der Waals surface area contributed by atoms with Gasteiger partial charge in [-0.05, 0) is 38.5 Å². The third kappa shape index (κ3) is 4.97. The molecule has 3 aromatic heterocycles. The Kier molecular flexibility index (Phi) is 6.70. The lowest BCUT2D eigenvalue weighted by atomic mass is 10.0. The van der Waals surface area contributed by atoms with Crippen LogP contribution in [0.25, 0.3) is 16.8 Å². The summed E-state index contributed by atoms with van der Waals surface area (Å²) < 4.78 is 7.06. The number of benzene rings is 1. The van der Waals surface area contributed by atoms with Crippen molar-refractivity contribution in [3.63, 3.8) is 0 Å². The van der Waals surface area contributed by atoms with Crippen LogP contribution in [0.4, 0.5) is 5.00 Å². The molecule has 4 aromatic rings. The molecule has 0 atom stereocenters. The van der Waals surface area contributed by atoms with Crippen molar-refractivity contribution in [1.82, 2.24) is 9.38 Å². The highest BCUT2D eigenvalue weighted by molar-refractivity contribution is 7.15. The number of anilines is 1. The van der Waals surface area contributed by atoms with E-state index in [1.807, 2.05) is 68.6 Å². The number of thiophene rings is 1. The highest BCUT2D eigenvalue weighted by Crippen LogP contribution is 2.36. The quantitative estimate of drug-likeness (QED) is 0.315. The second kappa shape index (κ2) is 9.84. The lowest BCUT2D eigenvalue weighted by molar-refractivity contribution is -0.111. The number of rotatable bonds is 6. The van der Waals surface area contributed by atoms with Gasteiger partial charge in [0.15, 0.2) is 0 Å². The predicted octanol–water partition coefficient (Wildman–Crippen LogP) is 4.99. The number of ether oxygens (including phenoxy) is 1. The minimum absolute atomic E-state index is 0.177. The molecule has 0 unspecified atom stereocenters. The fraction of sp³-hybridized carbons (Fsp3) is 0.154. The molecule has 0 aliphatic rings. The van der Waals surface area contributed by atoms with Crippen LogP contribution in [-0.2, 0) is 16.1 Å². The van der Waals surface area contributed by atoms with E-state index in [9.17, 15) is 14.4 Å². The van der Waals surface area contributed by atoms with Crippen molar-refractivity contribution < 1.29 is 14.3 Å². The first-order valence-corrected chi connectivity index (χ1v) is 11.5. The maximum absolute atomic E-state index is 13.2. The summed E-state index contributed by atoms with van der Waals surface area (Å²) in [6, 6.07) is 16.1. The molecule has 0 fully saturated rings. The van der Waals surface area contributed by atoms with Gasteiger partial charge in [-0.2, -0.15) is 0 Å². The van der Waals surface area contributed by atoms with Gasteiger partial charge in [0.25, 0.3) is 5.56 Å². The number of carbonyl (C=O) groups is 2. The Hall–Kier alpha value is -4.04. The van der Waals surface area contributed by atoms with Gasteiger partial charge in [-0.25, -0.2) is 9.78 Å². The van der Waals surface area contributed by atoms with Gasteiger partial charge in [0.2, 0.25) is 5.91 Å². The first-order chi connectivity index (χ1) is 16.3. The zero-order valence-electron chi connectivity index (χ0n) is 19.0. The zero-order chi connectivity index (χ0) is 24.2. The van der Waals surface area contributed by atoms with E-state index in [1.165, 1.54) is 27.9 Å². The summed E-state index contributed by atoms with van der Waals surface area (Å²) in [6.07, 6.45) is 1.46. The zero-order valence-corrected chi connectivity index (χ0v) is 19.8. The van der Waals surface area contributed by atoms with Crippen molar-refractivity contribution >= 4 is 33.9 Å². The average molecular weight is 474 g/mol. The number of carbonyl (C=O) groups excluding carboxylic acids is 2. The molecule has 7 nitrogen and oxygen atoms in total. The van der Waals surface area contributed by atoms with E-state index in [0.717, 1.165) is 16.8 Å². The lowest BCUT2D eigenvalue weighted by Crippen LogP contribution is -2.18. The van der Waals surface area contributed by atoms with Gasteiger partial charge in [0.05, 0.1) is 5.69 Å². The molecule has 0 radical (unpaired) electrons. The summed E-state index contributed by atoms with van der Waals surface area (Å²) in [6.45, 7) is 5.28. The Morgan fingerprint density at radius 2 is 1.88 bits per heavy atom. The van der Waals surface area contributed by atoms with E-state index in [0.29, 0.717) is 21.9 Å². The van der Waals surface area contributed by atoms with E-state index >= 15 is 0 Å². The number of hydrogen-bond donors (Lipinski definition) is 1. The molecule has 172 valence electrons. The second-order valence-corrected chi connectivity index (χ2v) is 8.83. The van der Waals surface area contributed by atoms with Crippen LogP contribution in [0.1, 0.15) is 35.6 Å². The van der Waals surface area contributed by atoms with Crippen molar-refractivity contribution in [2.45, 2.75) is 27.4 Å². The number of pyridine rings is 1. The van der Waals surface area contributed by atoms with Crippen LogP contribution in [0.15, 0.2) is 76.4 Å². The Morgan fingerprint density at radius 3 is 2.62 bits per heavy atom. The van der Waals surface area contributed by atoms with E-state index in [4.69, 9.17) is 4.74 Å². The van der Waals surface area contributed by atoms with Gasteiger partial charge in [-0.15, -0.1) is 11.3 Å². The SMILES string of the molecule is CC(C)=CC(=O)Nc1scc(-c2ccccc2)c1C(=O)OCc1cc(=O)n2c(C)cccc2n1. The smallest absolute Gasteiger partial charge is 0.342 e. The molecule has 0 aliphatic heterocycles. The molecule has 0 saturated carbocycles. The molecule has 0 spiro atoms. The van der Waals surface area contributed by atoms with Gasteiger partial charge < -0.3 is 10.1 Å². The predicted molar refractivity (Wildman–Crippen MR) is 133 cm³/mol. The molecule has 0 bridgehead atoms. The maximum Gasteiger partial charge on any atom is 0.342 e. The lowest BCUT2D eigenvalue weighted by Gasteiger charge is -2.10. The van der Waals surface area contributed by atoms with E-state index in [-0.39, 0.29) is 23.6 Å². The summed E-state index contributed by atoms with van der Waals surface area (Å²) in [5.41, 5.74) is 3.93. The van der Waals surface area contributed by atoms with Gasteiger partial charge in [-0.1, -0.05) is 42.0 Å². The van der Waals surface area contributed by atoms with E-state index in [2.05, 4.69) is 10.3 Å². The van der Waals surface area contributed by atoms with E-state index in [1.54, 1.807) is 6.07 Å². The number of allylic oxidation sites excluding steroid dienone is 1. The normalized spacial score (nSPS) is 10.7. The molecule has 3 heterocycles. The number of amides is 1. The van der Waals surface area contributed by atoms with Gasteiger partial charge in [-0.3, -0.25) is 14.0 Å². The highest BCUT2D eigenvalue weighted by atomic mass is 32.1. The Labute approximate surface area is 200 Å². The Morgan fingerprint density at radius 1 is 1.12 bits per heavy atom.